The van der Waals surface area contributed by atoms with E-state index in [1.54, 1.807) is 0 Å². The van der Waals surface area contributed by atoms with E-state index in [-0.39, 0.29) is 17.2 Å². The molecule has 0 radical (unpaired) electrons. The van der Waals surface area contributed by atoms with E-state index in [9.17, 15) is 15.0 Å². The summed E-state index contributed by atoms with van der Waals surface area (Å²) in [4.78, 5) is 11.4. The molecule has 0 saturated heterocycles. The molecule has 0 aliphatic heterocycles. The second-order valence-electron chi connectivity index (χ2n) is 7.88. The molecule has 26 heavy (non-hydrogen) atoms. The summed E-state index contributed by atoms with van der Waals surface area (Å²) in [7, 11) is 0. The van der Waals surface area contributed by atoms with Gasteiger partial charge in [0.1, 0.15) is 11.3 Å². The standard InChI is InChI=1S/C23H28O3/c1-14-11-20(22(24)21(12-14)23(25)26)16(3)19-9-7-18(8-10-19)15(2)13-17-5-4-6-17/h7-12,15-17,24H,4-6,13H2,1-3H3,(H,25,26). The molecule has 2 N–H and O–H groups in total. The molecule has 0 bridgehead atoms. The number of phenols is 1. The van der Waals surface area contributed by atoms with Crippen molar-refractivity contribution in [3.05, 3.63) is 64.2 Å². The molecule has 3 rings (SSSR count). The Morgan fingerprint density at radius 3 is 2.27 bits per heavy atom. The number of benzene rings is 2. The highest BCUT2D eigenvalue weighted by Crippen LogP contribution is 2.37. The van der Waals surface area contributed by atoms with Gasteiger partial charge in [-0.2, -0.15) is 0 Å². The molecule has 2 unspecified atom stereocenters. The zero-order valence-electron chi connectivity index (χ0n) is 15.8. The average Bonchev–Trinajstić information content (AvgIpc) is 2.59. The Hall–Kier alpha value is -2.29. The largest absolute Gasteiger partial charge is 0.507 e. The maximum atomic E-state index is 11.4. The Morgan fingerprint density at radius 2 is 1.73 bits per heavy atom. The van der Waals surface area contributed by atoms with Crippen LogP contribution in [-0.4, -0.2) is 16.2 Å². The molecule has 1 fully saturated rings. The Kier molecular flexibility index (Phi) is 5.36. The fourth-order valence-electron chi connectivity index (χ4n) is 3.96. The number of carbonyl (C=O) groups is 1. The third-order valence-corrected chi connectivity index (χ3v) is 5.90. The highest BCUT2D eigenvalue weighted by molar-refractivity contribution is 5.91. The summed E-state index contributed by atoms with van der Waals surface area (Å²) in [5, 5.41) is 19.7. The Labute approximate surface area is 155 Å². The van der Waals surface area contributed by atoms with Crippen LogP contribution in [0.25, 0.3) is 0 Å². The molecule has 1 aliphatic carbocycles. The average molecular weight is 352 g/mol. The number of aryl methyl sites for hydroxylation is 1. The first kappa shape index (κ1) is 18.5. The van der Waals surface area contributed by atoms with Crippen LogP contribution < -0.4 is 0 Å². The van der Waals surface area contributed by atoms with E-state index in [0.717, 1.165) is 17.0 Å². The number of hydrogen-bond donors (Lipinski definition) is 2. The predicted octanol–water partition coefficient (Wildman–Crippen LogP) is 5.84. The molecule has 3 nitrogen and oxygen atoms in total. The van der Waals surface area contributed by atoms with Gasteiger partial charge >= 0.3 is 5.97 Å². The lowest BCUT2D eigenvalue weighted by Crippen LogP contribution is -2.13. The van der Waals surface area contributed by atoms with Gasteiger partial charge in [-0.1, -0.05) is 63.4 Å². The summed E-state index contributed by atoms with van der Waals surface area (Å²) < 4.78 is 0. The van der Waals surface area contributed by atoms with E-state index in [1.165, 1.54) is 37.3 Å². The van der Waals surface area contributed by atoms with Gasteiger partial charge in [-0.05, 0) is 47.9 Å². The summed E-state index contributed by atoms with van der Waals surface area (Å²) >= 11 is 0. The van der Waals surface area contributed by atoms with Gasteiger partial charge in [-0.25, -0.2) is 4.79 Å². The topological polar surface area (TPSA) is 57.5 Å². The molecule has 0 aromatic heterocycles. The van der Waals surface area contributed by atoms with Crippen molar-refractivity contribution >= 4 is 5.97 Å². The van der Waals surface area contributed by atoms with Crippen molar-refractivity contribution < 1.29 is 15.0 Å². The second kappa shape index (κ2) is 7.53. The molecule has 0 heterocycles. The molecule has 2 aromatic rings. The van der Waals surface area contributed by atoms with E-state index in [2.05, 4.69) is 31.2 Å². The first-order valence-electron chi connectivity index (χ1n) is 9.53. The van der Waals surface area contributed by atoms with Crippen molar-refractivity contribution in [3.63, 3.8) is 0 Å². The van der Waals surface area contributed by atoms with Crippen LogP contribution in [-0.2, 0) is 0 Å². The van der Waals surface area contributed by atoms with Crippen molar-refractivity contribution in [1.29, 1.82) is 0 Å². The zero-order chi connectivity index (χ0) is 18.8. The smallest absolute Gasteiger partial charge is 0.339 e. The Morgan fingerprint density at radius 1 is 1.12 bits per heavy atom. The number of carboxylic acids is 1. The molecule has 3 heteroatoms. The molecule has 138 valence electrons. The van der Waals surface area contributed by atoms with Crippen LogP contribution in [0, 0.1) is 12.8 Å². The van der Waals surface area contributed by atoms with Crippen molar-refractivity contribution in [3.8, 4) is 5.75 Å². The molecular weight excluding hydrogens is 324 g/mol. The predicted molar refractivity (Wildman–Crippen MR) is 104 cm³/mol. The molecule has 2 atom stereocenters. The molecule has 0 amide bonds. The summed E-state index contributed by atoms with van der Waals surface area (Å²) in [5.74, 6) is 0.166. The molecule has 0 spiro atoms. The second-order valence-corrected chi connectivity index (χ2v) is 7.88. The maximum absolute atomic E-state index is 11.4. The zero-order valence-corrected chi connectivity index (χ0v) is 15.8. The minimum Gasteiger partial charge on any atom is -0.507 e. The van der Waals surface area contributed by atoms with E-state index >= 15 is 0 Å². The first-order chi connectivity index (χ1) is 12.4. The summed E-state index contributed by atoms with van der Waals surface area (Å²) in [6, 6.07) is 12.0. The third-order valence-electron chi connectivity index (χ3n) is 5.90. The van der Waals surface area contributed by atoms with Crippen molar-refractivity contribution in [2.24, 2.45) is 5.92 Å². The normalized spacial score (nSPS) is 16.7. The van der Waals surface area contributed by atoms with Crippen molar-refractivity contribution in [1.82, 2.24) is 0 Å². The van der Waals surface area contributed by atoms with Crippen LogP contribution in [0.2, 0.25) is 0 Å². The van der Waals surface area contributed by atoms with Gasteiger partial charge < -0.3 is 10.2 Å². The van der Waals surface area contributed by atoms with Gasteiger partial charge in [0.05, 0.1) is 0 Å². The van der Waals surface area contributed by atoms with Crippen LogP contribution in [0.3, 0.4) is 0 Å². The van der Waals surface area contributed by atoms with Crippen LogP contribution in [0.15, 0.2) is 36.4 Å². The maximum Gasteiger partial charge on any atom is 0.339 e. The van der Waals surface area contributed by atoms with Gasteiger partial charge in [0.2, 0.25) is 0 Å². The lowest BCUT2D eigenvalue weighted by Gasteiger charge is -2.28. The summed E-state index contributed by atoms with van der Waals surface area (Å²) in [6.45, 7) is 6.16. The molecule has 1 saturated carbocycles. The van der Waals surface area contributed by atoms with Gasteiger partial charge in [0.15, 0.2) is 0 Å². The van der Waals surface area contributed by atoms with Crippen molar-refractivity contribution in [2.75, 3.05) is 0 Å². The van der Waals surface area contributed by atoms with Crippen LogP contribution in [0.5, 0.6) is 5.75 Å². The van der Waals surface area contributed by atoms with E-state index in [1.807, 2.05) is 19.9 Å². The molecule has 2 aromatic carbocycles. The number of carboxylic acid groups (broad SMARTS) is 1. The monoisotopic (exact) mass is 352 g/mol. The summed E-state index contributed by atoms with van der Waals surface area (Å²) in [6.07, 6.45) is 5.39. The molecular formula is C23H28O3. The van der Waals surface area contributed by atoms with E-state index < -0.39 is 5.97 Å². The SMILES string of the molecule is Cc1cc(C(=O)O)c(O)c(C(C)c2ccc(C(C)CC3CCC3)cc2)c1. The number of aromatic carboxylic acids is 1. The Bertz CT molecular complexity index is 788. The molecule has 1 aliphatic rings. The van der Waals surface area contributed by atoms with Gasteiger partial charge in [-0.15, -0.1) is 0 Å². The number of rotatable bonds is 6. The fraction of sp³-hybridized carbons (Fsp3) is 0.435. The lowest BCUT2D eigenvalue weighted by molar-refractivity contribution is 0.0693. The fourth-order valence-corrected chi connectivity index (χ4v) is 3.96. The quantitative estimate of drug-likeness (QED) is 0.686. The van der Waals surface area contributed by atoms with Gasteiger partial charge in [0, 0.05) is 11.5 Å². The highest BCUT2D eigenvalue weighted by Gasteiger charge is 2.22. The van der Waals surface area contributed by atoms with Gasteiger partial charge in [-0.3, -0.25) is 0 Å². The highest BCUT2D eigenvalue weighted by atomic mass is 16.4. The van der Waals surface area contributed by atoms with E-state index in [4.69, 9.17) is 0 Å². The van der Waals surface area contributed by atoms with Crippen LogP contribution >= 0.6 is 0 Å². The van der Waals surface area contributed by atoms with Crippen LogP contribution in [0.1, 0.15) is 84.0 Å². The van der Waals surface area contributed by atoms with Crippen LogP contribution in [0.4, 0.5) is 0 Å². The van der Waals surface area contributed by atoms with E-state index in [0.29, 0.717) is 11.5 Å². The van der Waals surface area contributed by atoms with Gasteiger partial charge in [0.25, 0.3) is 0 Å². The summed E-state index contributed by atoms with van der Waals surface area (Å²) in [5.41, 5.74) is 3.91. The Balaban J connectivity index is 1.81. The third kappa shape index (κ3) is 3.77. The van der Waals surface area contributed by atoms with Crippen molar-refractivity contribution in [2.45, 2.75) is 58.3 Å². The first-order valence-corrected chi connectivity index (χ1v) is 9.53. The minimum atomic E-state index is -1.10. The number of aromatic hydroxyl groups is 1. The lowest BCUT2D eigenvalue weighted by atomic mass is 9.77. The minimum absolute atomic E-state index is 0.0300. The number of hydrogen-bond acceptors (Lipinski definition) is 2.